The van der Waals surface area contributed by atoms with Crippen LogP contribution in [0.25, 0.3) is 0 Å². The van der Waals surface area contributed by atoms with Crippen molar-refractivity contribution in [2.24, 2.45) is 0 Å². The van der Waals surface area contributed by atoms with E-state index in [1.54, 1.807) is 12.1 Å². The van der Waals surface area contributed by atoms with Gasteiger partial charge in [0, 0.05) is 10.5 Å². The number of phenols is 1. The van der Waals surface area contributed by atoms with Crippen molar-refractivity contribution in [2.45, 2.75) is 45.6 Å². The van der Waals surface area contributed by atoms with Crippen LogP contribution in [0.1, 0.15) is 49.9 Å². The Hall–Kier alpha value is -1.03. The van der Waals surface area contributed by atoms with Gasteiger partial charge in [-0.25, -0.2) is 0 Å². The van der Waals surface area contributed by atoms with Crippen LogP contribution >= 0.6 is 15.9 Å². The van der Waals surface area contributed by atoms with Crippen molar-refractivity contribution in [2.75, 3.05) is 0 Å². The lowest BCUT2D eigenvalue weighted by molar-refractivity contribution is 0.0935. The standard InChI is InChI=1S/C14H20BrNO2/c1-3-4-5-6-10(2)16-14(18)12-8-7-11(15)9-13(12)17/h7-10,17H,3-6H2,1-2H3,(H,16,18). The maximum Gasteiger partial charge on any atom is 0.255 e. The molecule has 0 saturated heterocycles. The number of nitrogens with one attached hydrogen (secondary N) is 1. The lowest BCUT2D eigenvalue weighted by Gasteiger charge is -2.14. The number of hydrogen-bond acceptors (Lipinski definition) is 2. The molecule has 1 rings (SSSR count). The largest absolute Gasteiger partial charge is 0.507 e. The molecule has 3 nitrogen and oxygen atoms in total. The van der Waals surface area contributed by atoms with Crippen molar-refractivity contribution in [1.82, 2.24) is 5.32 Å². The molecule has 4 heteroatoms. The Morgan fingerprint density at radius 3 is 2.78 bits per heavy atom. The van der Waals surface area contributed by atoms with Crippen LogP contribution in [0.15, 0.2) is 22.7 Å². The molecule has 1 aromatic carbocycles. The summed E-state index contributed by atoms with van der Waals surface area (Å²) in [7, 11) is 0. The third-order valence-corrected chi connectivity index (χ3v) is 3.32. The molecule has 0 aromatic heterocycles. The summed E-state index contributed by atoms with van der Waals surface area (Å²) in [5.41, 5.74) is 0.320. The second-order valence-corrected chi connectivity index (χ2v) is 5.45. The highest BCUT2D eigenvalue weighted by Crippen LogP contribution is 2.22. The van der Waals surface area contributed by atoms with E-state index in [9.17, 15) is 9.90 Å². The Morgan fingerprint density at radius 2 is 2.17 bits per heavy atom. The minimum Gasteiger partial charge on any atom is -0.507 e. The molecule has 0 aliphatic rings. The highest BCUT2D eigenvalue weighted by atomic mass is 79.9. The van der Waals surface area contributed by atoms with Gasteiger partial charge in [0.05, 0.1) is 5.56 Å². The van der Waals surface area contributed by atoms with E-state index in [-0.39, 0.29) is 17.7 Å². The zero-order valence-corrected chi connectivity index (χ0v) is 12.5. The van der Waals surface area contributed by atoms with Gasteiger partial charge in [0.15, 0.2) is 0 Å². The second kappa shape index (κ2) is 7.41. The van der Waals surface area contributed by atoms with Crippen molar-refractivity contribution in [3.8, 4) is 5.75 Å². The van der Waals surface area contributed by atoms with Crippen molar-refractivity contribution >= 4 is 21.8 Å². The molecule has 0 spiro atoms. The maximum absolute atomic E-state index is 11.9. The lowest BCUT2D eigenvalue weighted by atomic mass is 10.1. The average Bonchev–Trinajstić information content (AvgIpc) is 2.28. The molecule has 1 aromatic rings. The fourth-order valence-corrected chi connectivity index (χ4v) is 2.12. The van der Waals surface area contributed by atoms with Crippen LogP contribution in [0.3, 0.4) is 0 Å². The number of phenolic OH excluding ortho intramolecular Hbond substituents is 1. The predicted octanol–water partition coefficient (Wildman–Crippen LogP) is 3.85. The van der Waals surface area contributed by atoms with Gasteiger partial charge in [0.2, 0.25) is 0 Å². The highest BCUT2D eigenvalue weighted by molar-refractivity contribution is 9.10. The topological polar surface area (TPSA) is 49.3 Å². The third-order valence-electron chi connectivity index (χ3n) is 2.82. The van der Waals surface area contributed by atoms with Gasteiger partial charge in [-0.15, -0.1) is 0 Å². The molecule has 100 valence electrons. The number of rotatable bonds is 6. The van der Waals surface area contributed by atoms with E-state index in [2.05, 4.69) is 28.2 Å². The lowest BCUT2D eigenvalue weighted by Crippen LogP contribution is -2.32. The number of benzene rings is 1. The van der Waals surface area contributed by atoms with Gasteiger partial charge in [0.25, 0.3) is 5.91 Å². The maximum atomic E-state index is 11.9. The van der Waals surface area contributed by atoms with E-state index >= 15 is 0 Å². The molecule has 1 unspecified atom stereocenters. The number of halogens is 1. The molecule has 0 saturated carbocycles. The minimum atomic E-state index is -0.219. The summed E-state index contributed by atoms with van der Waals surface area (Å²) in [5, 5.41) is 12.6. The van der Waals surface area contributed by atoms with Crippen LogP contribution in [0.4, 0.5) is 0 Å². The van der Waals surface area contributed by atoms with Crippen LogP contribution < -0.4 is 5.32 Å². The molecule has 0 heterocycles. The predicted molar refractivity (Wildman–Crippen MR) is 76.9 cm³/mol. The molecule has 0 bridgehead atoms. The van der Waals surface area contributed by atoms with Crippen molar-refractivity contribution in [1.29, 1.82) is 0 Å². The monoisotopic (exact) mass is 313 g/mol. The van der Waals surface area contributed by atoms with E-state index in [0.717, 1.165) is 17.3 Å². The van der Waals surface area contributed by atoms with E-state index in [0.29, 0.717) is 5.56 Å². The Kier molecular flexibility index (Phi) is 6.19. The first-order valence-corrected chi connectivity index (χ1v) is 7.13. The van der Waals surface area contributed by atoms with Crippen LogP contribution in [0, 0.1) is 0 Å². The van der Waals surface area contributed by atoms with Gasteiger partial charge < -0.3 is 10.4 Å². The Bertz CT molecular complexity index is 407. The SMILES string of the molecule is CCCCCC(C)NC(=O)c1ccc(Br)cc1O. The summed E-state index contributed by atoms with van der Waals surface area (Å²) >= 11 is 3.25. The fraction of sp³-hybridized carbons (Fsp3) is 0.500. The van der Waals surface area contributed by atoms with Gasteiger partial charge >= 0.3 is 0 Å². The molecular weight excluding hydrogens is 294 g/mol. The number of hydrogen-bond donors (Lipinski definition) is 2. The quantitative estimate of drug-likeness (QED) is 0.784. The normalized spacial score (nSPS) is 12.2. The molecule has 0 aliphatic heterocycles. The summed E-state index contributed by atoms with van der Waals surface area (Å²) < 4.78 is 0.757. The molecule has 0 aliphatic carbocycles. The van der Waals surface area contributed by atoms with Crippen LogP contribution in [0.2, 0.25) is 0 Å². The molecular formula is C14H20BrNO2. The van der Waals surface area contributed by atoms with Crippen molar-refractivity contribution in [3.63, 3.8) is 0 Å². The van der Waals surface area contributed by atoms with E-state index in [1.165, 1.54) is 18.9 Å². The first-order chi connectivity index (χ1) is 8.54. The zero-order valence-electron chi connectivity index (χ0n) is 10.9. The molecule has 0 radical (unpaired) electrons. The van der Waals surface area contributed by atoms with Gasteiger partial charge in [-0.2, -0.15) is 0 Å². The second-order valence-electron chi connectivity index (χ2n) is 4.53. The number of aromatic hydroxyl groups is 1. The number of carbonyl (C=O) groups excluding carboxylic acids is 1. The average molecular weight is 314 g/mol. The summed E-state index contributed by atoms with van der Waals surface area (Å²) in [6.07, 6.45) is 4.44. The van der Waals surface area contributed by atoms with Crippen LogP contribution in [-0.4, -0.2) is 17.1 Å². The summed E-state index contributed by atoms with van der Waals surface area (Å²) in [5.74, 6) is -0.216. The molecule has 1 atom stereocenters. The first-order valence-electron chi connectivity index (χ1n) is 6.34. The Labute approximate surface area is 117 Å². The first kappa shape index (κ1) is 15.0. The summed E-state index contributed by atoms with van der Waals surface area (Å²) in [4.78, 5) is 11.9. The van der Waals surface area contributed by atoms with E-state index in [1.807, 2.05) is 6.92 Å². The van der Waals surface area contributed by atoms with Crippen molar-refractivity contribution < 1.29 is 9.90 Å². The van der Waals surface area contributed by atoms with Crippen LogP contribution in [0.5, 0.6) is 5.75 Å². The Balaban J connectivity index is 2.54. The number of unbranched alkanes of at least 4 members (excludes halogenated alkanes) is 2. The van der Waals surface area contributed by atoms with Gasteiger partial charge in [-0.3, -0.25) is 4.79 Å². The van der Waals surface area contributed by atoms with Gasteiger partial charge in [-0.1, -0.05) is 42.1 Å². The molecule has 1 amide bonds. The minimum absolute atomic E-state index is 0.00244. The molecule has 2 N–H and O–H groups in total. The van der Waals surface area contributed by atoms with Gasteiger partial charge in [-0.05, 0) is 31.5 Å². The number of carbonyl (C=O) groups is 1. The third kappa shape index (κ3) is 4.69. The Morgan fingerprint density at radius 1 is 1.44 bits per heavy atom. The fourth-order valence-electron chi connectivity index (χ4n) is 1.77. The smallest absolute Gasteiger partial charge is 0.255 e. The van der Waals surface area contributed by atoms with E-state index < -0.39 is 0 Å². The molecule has 18 heavy (non-hydrogen) atoms. The van der Waals surface area contributed by atoms with Crippen molar-refractivity contribution in [3.05, 3.63) is 28.2 Å². The number of amides is 1. The van der Waals surface area contributed by atoms with Crippen LogP contribution in [-0.2, 0) is 0 Å². The zero-order chi connectivity index (χ0) is 13.5. The molecule has 0 fully saturated rings. The van der Waals surface area contributed by atoms with E-state index in [4.69, 9.17) is 0 Å². The highest BCUT2D eigenvalue weighted by Gasteiger charge is 2.13. The summed E-state index contributed by atoms with van der Waals surface area (Å²) in [6, 6.07) is 5.02. The summed E-state index contributed by atoms with van der Waals surface area (Å²) in [6.45, 7) is 4.15. The van der Waals surface area contributed by atoms with Gasteiger partial charge in [0.1, 0.15) is 5.75 Å².